The Labute approximate surface area is 121 Å². The molecule has 2 aliphatic rings. The lowest BCUT2D eigenvalue weighted by Crippen LogP contribution is -2.50. The Morgan fingerprint density at radius 1 is 1.30 bits per heavy atom. The minimum absolute atomic E-state index is 0.219. The molecule has 3 heteroatoms. The van der Waals surface area contributed by atoms with E-state index in [0.717, 1.165) is 45.2 Å². The third-order valence-electron chi connectivity index (χ3n) is 4.91. The Morgan fingerprint density at radius 3 is 2.85 bits per heavy atom. The molecule has 1 saturated heterocycles. The SMILES string of the molecule is CC1(C(=O)NC2CCNCC2)CCCc2ccccc21. The number of piperidine rings is 1. The summed E-state index contributed by atoms with van der Waals surface area (Å²) in [6, 6.07) is 8.78. The largest absolute Gasteiger partial charge is 0.353 e. The van der Waals surface area contributed by atoms with Crippen molar-refractivity contribution in [2.24, 2.45) is 0 Å². The van der Waals surface area contributed by atoms with Crippen molar-refractivity contribution in [1.82, 2.24) is 10.6 Å². The molecule has 0 saturated carbocycles. The highest BCUT2D eigenvalue weighted by Crippen LogP contribution is 2.37. The summed E-state index contributed by atoms with van der Waals surface area (Å²) in [5.41, 5.74) is 2.24. The van der Waals surface area contributed by atoms with Gasteiger partial charge in [0.15, 0.2) is 0 Å². The van der Waals surface area contributed by atoms with Gasteiger partial charge in [-0.25, -0.2) is 0 Å². The molecule has 0 spiro atoms. The van der Waals surface area contributed by atoms with Crippen LogP contribution >= 0.6 is 0 Å². The predicted octanol–water partition coefficient (Wildman–Crippen LogP) is 2.15. The lowest BCUT2D eigenvalue weighted by molar-refractivity contribution is -0.127. The first-order valence-corrected chi connectivity index (χ1v) is 7.80. The number of rotatable bonds is 2. The minimum Gasteiger partial charge on any atom is -0.353 e. The molecular formula is C17H24N2O. The number of benzene rings is 1. The second-order valence-corrected chi connectivity index (χ2v) is 6.34. The molecule has 0 radical (unpaired) electrons. The van der Waals surface area contributed by atoms with E-state index < -0.39 is 0 Å². The molecule has 20 heavy (non-hydrogen) atoms. The van der Waals surface area contributed by atoms with Crippen LogP contribution in [0.1, 0.15) is 43.7 Å². The van der Waals surface area contributed by atoms with Gasteiger partial charge in [-0.3, -0.25) is 4.79 Å². The van der Waals surface area contributed by atoms with E-state index in [2.05, 4.69) is 41.8 Å². The summed E-state index contributed by atoms with van der Waals surface area (Å²) in [5, 5.41) is 6.63. The number of aryl methyl sites for hydroxylation is 1. The number of nitrogens with one attached hydrogen (secondary N) is 2. The maximum atomic E-state index is 12.8. The van der Waals surface area contributed by atoms with E-state index in [1.165, 1.54) is 11.1 Å². The molecule has 1 aliphatic carbocycles. The van der Waals surface area contributed by atoms with Gasteiger partial charge in [0.05, 0.1) is 5.41 Å². The molecular weight excluding hydrogens is 248 g/mol. The Hall–Kier alpha value is -1.35. The summed E-state index contributed by atoms with van der Waals surface area (Å²) in [5.74, 6) is 0.219. The average Bonchev–Trinajstić information content (AvgIpc) is 2.49. The Balaban J connectivity index is 1.79. The van der Waals surface area contributed by atoms with Gasteiger partial charge in [0, 0.05) is 6.04 Å². The van der Waals surface area contributed by atoms with Crippen molar-refractivity contribution in [3.05, 3.63) is 35.4 Å². The molecule has 2 N–H and O–H groups in total. The van der Waals surface area contributed by atoms with Crippen LogP contribution < -0.4 is 10.6 Å². The summed E-state index contributed by atoms with van der Waals surface area (Å²) in [6.45, 7) is 4.14. The zero-order valence-electron chi connectivity index (χ0n) is 12.2. The third-order valence-corrected chi connectivity index (χ3v) is 4.91. The van der Waals surface area contributed by atoms with Crippen LogP contribution in [0.4, 0.5) is 0 Å². The molecule has 1 fully saturated rings. The van der Waals surface area contributed by atoms with Crippen LogP contribution in [0.2, 0.25) is 0 Å². The van der Waals surface area contributed by atoms with Gasteiger partial charge >= 0.3 is 0 Å². The van der Waals surface area contributed by atoms with Crippen LogP contribution in [0.5, 0.6) is 0 Å². The van der Waals surface area contributed by atoms with Crippen molar-refractivity contribution in [3.63, 3.8) is 0 Å². The fraction of sp³-hybridized carbons (Fsp3) is 0.588. The van der Waals surface area contributed by atoms with Crippen LogP contribution in [-0.4, -0.2) is 25.0 Å². The maximum absolute atomic E-state index is 12.8. The van der Waals surface area contributed by atoms with Crippen LogP contribution in [0.3, 0.4) is 0 Å². The minimum atomic E-state index is -0.348. The monoisotopic (exact) mass is 272 g/mol. The summed E-state index contributed by atoms with van der Waals surface area (Å²) in [4.78, 5) is 12.8. The Bertz CT molecular complexity index is 494. The van der Waals surface area contributed by atoms with Crippen LogP contribution in [0.25, 0.3) is 0 Å². The second-order valence-electron chi connectivity index (χ2n) is 6.34. The van der Waals surface area contributed by atoms with Gasteiger partial charge in [-0.05, 0) is 63.2 Å². The Kier molecular flexibility index (Phi) is 3.79. The molecule has 1 aliphatic heterocycles. The standard InChI is InChI=1S/C17H24N2O/c1-17(16(20)19-14-8-11-18-12-9-14)10-4-6-13-5-2-3-7-15(13)17/h2-3,5,7,14,18H,4,6,8-12H2,1H3,(H,19,20). The van der Waals surface area contributed by atoms with Crippen molar-refractivity contribution in [1.29, 1.82) is 0 Å². The second kappa shape index (κ2) is 5.57. The predicted molar refractivity (Wildman–Crippen MR) is 80.8 cm³/mol. The average molecular weight is 272 g/mol. The van der Waals surface area contributed by atoms with Crippen LogP contribution in [0.15, 0.2) is 24.3 Å². The van der Waals surface area contributed by atoms with E-state index in [4.69, 9.17) is 0 Å². The zero-order valence-corrected chi connectivity index (χ0v) is 12.2. The molecule has 108 valence electrons. The highest BCUT2D eigenvalue weighted by atomic mass is 16.2. The van der Waals surface area contributed by atoms with Crippen molar-refractivity contribution in [3.8, 4) is 0 Å². The summed E-state index contributed by atoms with van der Waals surface area (Å²) in [7, 11) is 0. The summed E-state index contributed by atoms with van der Waals surface area (Å²) in [6.07, 6.45) is 5.26. The van der Waals surface area contributed by atoms with E-state index in [-0.39, 0.29) is 11.3 Å². The van der Waals surface area contributed by atoms with Gasteiger partial charge in [0.2, 0.25) is 5.91 Å². The summed E-state index contributed by atoms with van der Waals surface area (Å²) >= 11 is 0. The van der Waals surface area contributed by atoms with E-state index in [1.54, 1.807) is 0 Å². The lowest BCUT2D eigenvalue weighted by Gasteiger charge is -2.36. The molecule has 1 aromatic carbocycles. The first kappa shape index (κ1) is 13.6. The molecule has 1 atom stereocenters. The topological polar surface area (TPSA) is 41.1 Å². The molecule has 1 aromatic rings. The number of hydrogen-bond acceptors (Lipinski definition) is 2. The maximum Gasteiger partial charge on any atom is 0.230 e. The molecule has 1 unspecified atom stereocenters. The van der Waals surface area contributed by atoms with Crippen LogP contribution in [-0.2, 0) is 16.6 Å². The van der Waals surface area contributed by atoms with E-state index in [1.807, 2.05) is 0 Å². The number of hydrogen-bond donors (Lipinski definition) is 2. The van der Waals surface area contributed by atoms with Crippen molar-refractivity contribution < 1.29 is 4.79 Å². The first-order valence-electron chi connectivity index (χ1n) is 7.80. The fourth-order valence-corrected chi connectivity index (χ4v) is 3.59. The first-order chi connectivity index (χ1) is 9.70. The Morgan fingerprint density at radius 2 is 2.05 bits per heavy atom. The van der Waals surface area contributed by atoms with Crippen molar-refractivity contribution >= 4 is 5.91 Å². The molecule has 1 amide bonds. The normalized spacial score (nSPS) is 26.9. The van der Waals surface area contributed by atoms with Crippen molar-refractivity contribution in [2.75, 3.05) is 13.1 Å². The number of carbonyl (C=O) groups is 1. The number of carbonyl (C=O) groups excluding carboxylic acids is 1. The molecule has 1 heterocycles. The van der Waals surface area contributed by atoms with E-state index >= 15 is 0 Å². The smallest absolute Gasteiger partial charge is 0.230 e. The van der Waals surface area contributed by atoms with Crippen LogP contribution in [0, 0.1) is 0 Å². The van der Waals surface area contributed by atoms with Gasteiger partial charge in [-0.15, -0.1) is 0 Å². The van der Waals surface area contributed by atoms with Gasteiger partial charge < -0.3 is 10.6 Å². The zero-order chi connectivity index (χ0) is 14.0. The third kappa shape index (κ3) is 2.47. The van der Waals surface area contributed by atoms with E-state index in [0.29, 0.717) is 6.04 Å². The molecule has 0 aromatic heterocycles. The highest BCUT2D eigenvalue weighted by molar-refractivity contribution is 5.88. The lowest BCUT2D eigenvalue weighted by atomic mass is 9.70. The molecule has 0 bridgehead atoms. The number of fused-ring (bicyclic) bond motifs is 1. The fourth-order valence-electron chi connectivity index (χ4n) is 3.59. The van der Waals surface area contributed by atoms with Gasteiger partial charge in [-0.2, -0.15) is 0 Å². The molecule has 3 rings (SSSR count). The van der Waals surface area contributed by atoms with Gasteiger partial charge in [-0.1, -0.05) is 24.3 Å². The van der Waals surface area contributed by atoms with Crippen molar-refractivity contribution in [2.45, 2.75) is 50.5 Å². The molecule has 3 nitrogen and oxygen atoms in total. The number of amides is 1. The summed E-state index contributed by atoms with van der Waals surface area (Å²) < 4.78 is 0. The van der Waals surface area contributed by atoms with E-state index in [9.17, 15) is 4.79 Å². The van der Waals surface area contributed by atoms with Gasteiger partial charge in [0.25, 0.3) is 0 Å². The quantitative estimate of drug-likeness (QED) is 0.866. The highest BCUT2D eigenvalue weighted by Gasteiger charge is 2.39. The van der Waals surface area contributed by atoms with Gasteiger partial charge in [0.1, 0.15) is 0 Å².